The van der Waals surface area contributed by atoms with Crippen molar-refractivity contribution in [1.29, 1.82) is 0 Å². The molecule has 6 heteroatoms. The average Bonchev–Trinajstić information content (AvgIpc) is 3.01. The molecule has 22 heavy (non-hydrogen) atoms. The molecule has 1 N–H and O–H groups in total. The molecule has 1 aliphatic rings. The average molecular weight is 300 g/mol. The number of rotatable bonds is 4. The number of hydrogen-bond acceptors (Lipinski definition) is 4. The lowest BCUT2D eigenvalue weighted by Gasteiger charge is -2.26. The molecule has 116 valence electrons. The van der Waals surface area contributed by atoms with Gasteiger partial charge in [0.25, 0.3) is 5.91 Å². The van der Waals surface area contributed by atoms with Gasteiger partial charge in [-0.25, -0.2) is 4.98 Å². The van der Waals surface area contributed by atoms with Crippen molar-refractivity contribution in [1.82, 2.24) is 20.1 Å². The van der Waals surface area contributed by atoms with Crippen molar-refractivity contribution in [3.05, 3.63) is 41.3 Å². The second kappa shape index (κ2) is 6.17. The third kappa shape index (κ3) is 2.95. The topological polar surface area (TPSA) is 71.1 Å². The monoisotopic (exact) mass is 300 g/mol. The van der Waals surface area contributed by atoms with Crippen LogP contribution in [-0.4, -0.2) is 38.6 Å². The van der Waals surface area contributed by atoms with Crippen LogP contribution in [0.1, 0.15) is 41.9 Å². The van der Waals surface area contributed by atoms with E-state index in [0.29, 0.717) is 24.5 Å². The lowest BCUT2D eigenvalue weighted by atomic mass is 10.1. The number of nitrogens with zero attached hydrogens (tertiary/aromatic N) is 3. The second-order valence-corrected chi connectivity index (χ2v) is 5.57. The molecule has 3 heterocycles. The Hall–Kier alpha value is -2.37. The first-order valence-electron chi connectivity index (χ1n) is 7.60. The van der Waals surface area contributed by atoms with E-state index in [1.807, 2.05) is 11.8 Å². The number of amides is 1. The van der Waals surface area contributed by atoms with E-state index >= 15 is 0 Å². The lowest BCUT2D eigenvalue weighted by Crippen LogP contribution is -2.35. The summed E-state index contributed by atoms with van der Waals surface area (Å²) in [5, 5.41) is 7.01. The van der Waals surface area contributed by atoms with Crippen LogP contribution in [0.4, 0.5) is 0 Å². The fraction of sp³-hybridized carbons (Fsp3) is 0.438. The first-order valence-corrected chi connectivity index (χ1v) is 7.60. The summed E-state index contributed by atoms with van der Waals surface area (Å²) < 4.78 is 5.69. The summed E-state index contributed by atoms with van der Waals surface area (Å²) in [6.07, 6.45) is 5.20. The van der Waals surface area contributed by atoms with Crippen molar-refractivity contribution in [2.24, 2.45) is 0 Å². The Morgan fingerprint density at radius 1 is 1.55 bits per heavy atom. The first kappa shape index (κ1) is 14.6. The van der Waals surface area contributed by atoms with Gasteiger partial charge in [0, 0.05) is 48.6 Å². The highest BCUT2D eigenvalue weighted by Crippen LogP contribution is 2.20. The highest BCUT2D eigenvalue weighted by atomic mass is 16.5. The Balaban J connectivity index is 1.74. The number of pyridine rings is 1. The molecule has 0 bridgehead atoms. The summed E-state index contributed by atoms with van der Waals surface area (Å²) in [6.45, 7) is 5.32. The number of carbonyl (C=O) groups excluding carboxylic acids is 1. The largest absolute Gasteiger partial charge is 0.475 e. The van der Waals surface area contributed by atoms with E-state index in [1.54, 1.807) is 24.5 Å². The van der Waals surface area contributed by atoms with Gasteiger partial charge in [-0.05, 0) is 19.4 Å². The van der Waals surface area contributed by atoms with Crippen molar-refractivity contribution < 1.29 is 9.53 Å². The summed E-state index contributed by atoms with van der Waals surface area (Å²) in [7, 11) is 0. The summed E-state index contributed by atoms with van der Waals surface area (Å²) in [6, 6.07) is 3.45. The van der Waals surface area contributed by atoms with Gasteiger partial charge in [0.2, 0.25) is 5.88 Å². The smallest absolute Gasteiger partial charge is 0.254 e. The number of carbonyl (C=O) groups is 1. The van der Waals surface area contributed by atoms with Crippen LogP contribution in [0.2, 0.25) is 0 Å². The molecule has 1 aliphatic heterocycles. The van der Waals surface area contributed by atoms with E-state index in [0.717, 1.165) is 24.1 Å². The van der Waals surface area contributed by atoms with Crippen LogP contribution in [0.25, 0.3) is 0 Å². The van der Waals surface area contributed by atoms with Crippen molar-refractivity contribution in [3.8, 4) is 5.88 Å². The minimum atomic E-state index is 0.00301. The van der Waals surface area contributed by atoms with E-state index in [9.17, 15) is 4.79 Å². The highest BCUT2D eigenvalue weighted by molar-refractivity contribution is 5.94. The second-order valence-electron chi connectivity index (χ2n) is 5.57. The van der Waals surface area contributed by atoms with Crippen LogP contribution >= 0.6 is 0 Å². The zero-order valence-electron chi connectivity index (χ0n) is 12.9. The number of nitrogens with one attached hydrogen (secondary N) is 1. The molecule has 2 aromatic rings. The van der Waals surface area contributed by atoms with Crippen LogP contribution in [0.15, 0.2) is 24.5 Å². The van der Waals surface area contributed by atoms with Gasteiger partial charge < -0.3 is 9.64 Å². The molecular formula is C16H20N4O2. The van der Waals surface area contributed by atoms with E-state index in [-0.39, 0.29) is 12.0 Å². The van der Waals surface area contributed by atoms with Crippen molar-refractivity contribution in [2.45, 2.75) is 39.3 Å². The minimum Gasteiger partial charge on any atom is -0.475 e. The van der Waals surface area contributed by atoms with E-state index < -0.39 is 0 Å². The van der Waals surface area contributed by atoms with Gasteiger partial charge in [0.1, 0.15) is 0 Å². The Bertz CT molecular complexity index is 668. The molecule has 0 aliphatic carbocycles. The van der Waals surface area contributed by atoms with Crippen LogP contribution in [0, 0.1) is 0 Å². The number of aromatic amines is 1. The van der Waals surface area contributed by atoms with Crippen LogP contribution in [0.3, 0.4) is 0 Å². The molecule has 1 amide bonds. The molecule has 6 nitrogen and oxygen atoms in total. The number of aromatic nitrogens is 3. The molecule has 0 radical (unpaired) electrons. The standard InChI is InChI=1S/C16H20N4O2/c1-3-11(2)22-15-8-12(4-6-17-15)16(21)20-7-5-14-13(10-20)9-18-19-14/h4,6,8-9,11H,3,5,7,10H2,1-2H3,(H,18,19)/t11-/m1/s1. The number of ether oxygens (including phenoxy) is 1. The summed E-state index contributed by atoms with van der Waals surface area (Å²) in [5.74, 6) is 0.504. The Morgan fingerprint density at radius 2 is 2.41 bits per heavy atom. The SMILES string of the molecule is CC[C@@H](C)Oc1cc(C(=O)N2CCc3[nH]ncc3C2)ccn1. The zero-order chi connectivity index (χ0) is 15.5. The molecule has 0 aromatic carbocycles. The third-order valence-electron chi connectivity index (χ3n) is 3.97. The van der Waals surface area contributed by atoms with Crippen LogP contribution < -0.4 is 4.74 Å². The molecule has 1 atom stereocenters. The normalized spacial score (nSPS) is 15.3. The first-order chi connectivity index (χ1) is 10.7. The van der Waals surface area contributed by atoms with Gasteiger partial charge in [-0.3, -0.25) is 9.89 Å². The van der Waals surface area contributed by atoms with Crippen molar-refractivity contribution >= 4 is 5.91 Å². The predicted molar refractivity (Wildman–Crippen MR) is 81.7 cm³/mol. The van der Waals surface area contributed by atoms with E-state index in [2.05, 4.69) is 22.1 Å². The minimum absolute atomic E-state index is 0.00301. The van der Waals surface area contributed by atoms with Crippen LogP contribution in [-0.2, 0) is 13.0 Å². The molecule has 3 rings (SSSR count). The van der Waals surface area contributed by atoms with Gasteiger partial charge >= 0.3 is 0 Å². The molecule has 0 saturated carbocycles. The zero-order valence-corrected chi connectivity index (χ0v) is 12.9. The Morgan fingerprint density at radius 3 is 3.23 bits per heavy atom. The maximum atomic E-state index is 12.7. The fourth-order valence-corrected chi connectivity index (χ4v) is 2.47. The molecular weight excluding hydrogens is 280 g/mol. The van der Waals surface area contributed by atoms with Crippen molar-refractivity contribution in [2.75, 3.05) is 6.54 Å². The molecule has 0 unspecified atom stereocenters. The molecule has 0 fully saturated rings. The number of hydrogen-bond donors (Lipinski definition) is 1. The fourth-order valence-electron chi connectivity index (χ4n) is 2.47. The molecule has 0 saturated heterocycles. The van der Waals surface area contributed by atoms with Crippen LogP contribution in [0.5, 0.6) is 5.88 Å². The Kier molecular flexibility index (Phi) is 4.09. The maximum Gasteiger partial charge on any atom is 0.254 e. The van der Waals surface area contributed by atoms with Gasteiger partial charge in [-0.15, -0.1) is 0 Å². The summed E-state index contributed by atoms with van der Waals surface area (Å²) >= 11 is 0. The van der Waals surface area contributed by atoms with Crippen molar-refractivity contribution in [3.63, 3.8) is 0 Å². The number of H-pyrrole nitrogens is 1. The van der Waals surface area contributed by atoms with Gasteiger partial charge in [0.15, 0.2) is 0 Å². The van der Waals surface area contributed by atoms with Gasteiger partial charge in [-0.2, -0.15) is 5.10 Å². The third-order valence-corrected chi connectivity index (χ3v) is 3.97. The lowest BCUT2D eigenvalue weighted by molar-refractivity contribution is 0.0733. The van der Waals surface area contributed by atoms with E-state index in [4.69, 9.17) is 4.74 Å². The Labute approximate surface area is 129 Å². The maximum absolute atomic E-state index is 12.7. The highest BCUT2D eigenvalue weighted by Gasteiger charge is 2.23. The van der Waals surface area contributed by atoms with E-state index in [1.165, 1.54) is 0 Å². The predicted octanol–water partition coefficient (Wildman–Crippen LogP) is 2.18. The summed E-state index contributed by atoms with van der Waals surface area (Å²) in [5.41, 5.74) is 2.82. The quantitative estimate of drug-likeness (QED) is 0.939. The molecule has 0 spiro atoms. The molecule has 2 aromatic heterocycles. The van der Waals surface area contributed by atoms with Gasteiger partial charge in [-0.1, -0.05) is 6.92 Å². The number of fused-ring (bicyclic) bond motifs is 1. The van der Waals surface area contributed by atoms with Gasteiger partial charge in [0.05, 0.1) is 12.3 Å². The summed E-state index contributed by atoms with van der Waals surface area (Å²) in [4.78, 5) is 18.7.